The quantitative estimate of drug-likeness (QED) is 0.227. The van der Waals surface area contributed by atoms with Crippen molar-refractivity contribution in [3.05, 3.63) is 78.2 Å². The number of likely N-dealkylation sites (N-methyl/N-ethyl adjacent to an activating group) is 1. The highest BCUT2D eigenvalue weighted by Crippen LogP contribution is 2.43. The van der Waals surface area contributed by atoms with Crippen LogP contribution in [0.1, 0.15) is 45.6 Å². The minimum atomic E-state index is -0.588. The molecule has 11 heteroatoms. The lowest BCUT2D eigenvalue weighted by Crippen LogP contribution is -2.52. The molecule has 1 unspecified atom stereocenters. The molecule has 0 radical (unpaired) electrons. The molecule has 2 aromatic heterocycles. The molecule has 2 amide bonds. The van der Waals surface area contributed by atoms with Crippen LogP contribution in [0.25, 0.3) is 33.3 Å². The van der Waals surface area contributed by atoms with Crippen LogP contribution < -0.4 is 16.2 Å². The summed E-state index contributed by atoms with van der Waals surface area (Å²) in [6.07, 6.45) is 5.48. The number of fused-ring (bicyclic) bond motifs is 1. The number of nitrogens with one attached hydrogen (secondary N) is 3. The third-order valence-corrected chi connectivity index (χ3v) is 8.07. The van der Waals surface area contributed by atoms with Crippen molar-refractivity contribution >= 4 is 35.1 Å². The van der Waals surface area contributed by atoms with Gasteiger partial charge in [-0.15, -0.1) is 0 Å². The third-order valence-electron chi connectivity index (χ3n) is 8.07. The summed E-state index contributed by atoms with van der Waals surface area (Å²) in [6.45, 7) is 6.03. The Bertz CT molecular complexity index is 1760. The van der Waals surface area contributed by atoms with Crippen LogP contribution in [-0.4, -0.2) is 58.4 Å². The van der Waals surface area contributed by atoms with Crippen molar-refractivity contribution in [2.45, 2.75) is 57.2 Å². The van der Waals surface area contributed by atoms with Crippen molar-refractivity contribution < 1.29 is 18.7 Å². The fourth-order valence-electron chi connectivity index (χ4n) is 5.64. The predicted octanol–water partition coefficient (Wildman–Crippen LogP) is 5.79. The number of rotatable bonds is 7. The lowest BCUT2D eigenvalue weighted by atomic mass is 9.71. The summed E-state index contributed by atoms with van der Waals surface area (Å²) in [5.41, 5.74) is 9.35. The molecular formula is C34H36FN7O3. The molecule has 1 aliphatic carbocycles. The van der Waals surface area contributed by atoms with Gasteiger partial charge < -0.3 is 15.0 Å². The van der Waals surface area contributed by atoms with Gasteiger partial charge in [0, 0.05) is 36.3 Å². The lowest BCUT2D eigenvalue weighted by molar-refractivity contribution is -0.121. The van der Waals surface area contributed by atoms with E-state index < -0.39 is 23.3 Å². The van der Waals surface area contributed by atoms with Crippen molar-refractivity contribution in [1.29, 1.82) is 0 Å². The molecule has 0 bridgehead atoms. The molecule has 0 spiro atoms. The van der Waals surface area contributed by atoms with Crippen LogP contribution in [0.5, 0.6) is 0 Å². The number of hydrogen-bond donors (Lipinski definition) is 3. The molecule has 1 saturated carbocycles. The predicted molar refractivity (Wildman–Crippen MR) is 172 cm³/mol. The molecule has 1 atom stereocenters. The molecule has 2 aliphatic rings. The first-order chi connectivity index (χ1) is 21.5. The average Bonchev–Trinajstić information content (AvgIpc) is 3.43. The zero-order valence-electron chi connectivity index (χ0n) is 25.7. The summed E-state index contributed by atoms with van der Waals surface area (Å²) in [5.74, 6) is -0.189. The van der Waals surface area contributed by atoms with Gasteiger partial charge in [-0.1, -0.05) is 36.4 Å². The maximum Gasteiger partial charge on any atom is 0.408 e. The second-order valence-corrected chi connectivity index (χ2v) is 12.6. The normalized spacial score (nSPS) is 17.1. The summed E-state index contributed by atoms with van der Waals surface area (Å²) >= 11 is 0. The number of ether oxygens (including phenoxy) is 1. The fourth-order valence-corrected chi connectivity index (χ4v) is 5.64. The van der Waals surface area contributed by atoms with Gasteiger partial charge in [0.15, 0.2) is 5.82 Å². The minimum Gasteiger partial charge on any atom is -0.444 e. The number of alkyl carbamates (subject to hydrolysis) is 1. The van der Waals surface area contributed by atoms with Crippen molar-refractivity contribution in [2.75, 3.05) is 19.0 Å². The van der Waals surface area contributed by atoms with Gasteiger partial charge >= 0.3 is 6.09 Å². The first-order valence-corrected chi connectivity index (χ1v) is 15.0. The molecular weight excluding hydrogens is 573 g/mol. The highest BCUT2D eigenvalue weighted by molar-refractivity contribution is 5.97. The standard InChI is InChI=1S/C34H36FN7O3/c1-33(2,3)45-32(44)39-34(15-5-16-34)23-10-6-22(7-11-23)29-25(21-8-12-24(35)13-9-21)18-26-27(38-29)14-17-36-30(26)40-41-31(43)28-19-42(4)20-37-28/h6-14,17-18,20,28H,5,15-16,19H2,1-4H3,(H,36,40)(H,39,44)(H,41,43). The van der Waals surface area contributed by atoms with Crippen LogP contribution in [-0.2, 0) is 15.1 Å². The molecule has 45 heavy (non-hydrogen) atoms. The monoisotopic (exact) mass is 609 g/mol. The molecule has 0 saturated heterocycles. The van der Waals surface area contributed by atoms with E-state index in [4.69, 9.17) is 9.72 Å². The number of amides is 2. The maximum atomic E-state index is 13.9. The smallest absolute Gasteiger partial charge is 0.408 e. The van der Waals surface area contributed by atoms with Crippen molar-refractivity contribution in [2.24, 2.45) is 4.99 Å². The Labute approximate surface area is 261 Å². The number of nitrogens with zero attached hydrogens (tertiary/aromatic N) is 4. The summed E-state index contributed by atoms with van der Waals surface area (Å²) in [7, 11) is 1.86. The number of pyridine rings is 2. The third kappa shape index (κ3) is 6.43. The van der Waals surface area contributed by atoms with Gasteiger partial charge in [-0.25, -0.2) is 19.2 Å². The van der Waals surface area contributed by atoms with Crippen LogP contribution in [0.15, 0.2) is 71.9 Å². The van der Waals surface area contributed by atoms with Crippen LogP contribution in [0.4, 0.5) is 15.0 Å². The van der Waals surface area contributed by atoms with E-state index in [-0.39, 0.29) is 11.7 Å². The molecule has 1 aliphatic heterocycles. The Morgan fingerprint density at radius 2 is 1.73 bits per heavy atom. The molecule has 10 nitrogen and oxygen atoms in total. The summed E-state index contributed by atoms with van der Waals surface area (Å²) in [6, 6.07) is 17.5. The SMILES string of the molecule is CN1C=NC(C(=O)NNc2nccc3nc(-c4ccc(C5(NC(=O)OC(C)(C)C)CCC5)cc4)c(-c4ccc(F)cc4)cc23)C1. The van der Waals surface area contributed by atoms with Crippen LogP contribution in [0.2, 0.25) is 0 Å². The summed E-state index contributed by atoms with van der Waals surface area (Å²) < 4.78 is 19.5. The Morgan fingerprint density at radius 3 is 2.36 bits per heavy atom. The first-order valence-electron chi connectivity index (χ1n) is 15.0. The Balaban J connectivity index is 1.33. The average molecular weight is 610 g/mol. The number of aliphatic imine (C=N–C) groups is 1. The van der Waals surface area contributed by atoms with E-state index in [1.807, 2.05) is 63.1 Å². The number of aromatic nitrogens is 2. The highest BCUT2D eigenvalue weighted by atomic mass is 19.1. The van der Waals surface area contributed by atoms with Crippen molar-refractivity contribution in [3.63, 3.8) is 0 Å². The first kappa shape index (κ1) is 30.0. The second-order valence-electron chi connectivity index (χ2n) is 12.6. The number of halogens is 1. The fraction of sp³-hybridized carbons (Fsp3) is 0.324. The molecule has 6 rings (SSSR count). The van der Waals surface area contributed by atoms with Gasteiger partial charge in [-0.05, 0) is 75.4 Å². The van der Waals surface area contributed by atoms with E-state index in [2.05, 4.69) is 26.1 Å². The van der Waals surface area contributed by atoms with E-state index in [0.29, 0.717) is 29.0 Å². The molecule has 232 valence electrons. The molecule has 1 fully saturated rings. The topological polar surface area (TPSA) is 121 Å². The Morgan fingerprint density at radius 1 is 1.02 bits per heavy atom. The Hall–Kier alpha value is -5.06. The zero-order valence-corrected chi connectivity index (χ0v) is 25.7. The molecule has 3 N–H and O–H groups in total. The number of anilines is 1. The summed E-state index contributed by atoms with van der Waals surface area (Å²) in [4.78, 5) is 40.9. The van der Waals surface area contributed by atoms with Gasteiger partial charge in [-0.3, -0.25) is 20.6 Å². The molecule has 4 aromatic rings. The van der Waals surface area contributed by atoms with Gasteiger partial charge in [0.2, 0.25) is 0 Å². The van der Waals surface area contributed by atoms with Gasteiger partial charge in [0.05, 0.1) is 23.1 Å². The zero-order chi connectivity index (χ0) is 31.8. The van der Waals surface area contributed by atoms with Gasteiger partial charge in [0.25, 0.3) is 5.91 Å². The van der Waals surface area contributed by atoms with Gasteiger partial charge in [-0.2, -0.15) is 0 Å². The second kappa shape index (κ2) is 11.8. The minimum absolute atomic E-state index is 0.275. The number of benzene rings is 2. The number of carbonyl (C=O) groups is 2. The Kier molecular flexibility index (Phi) is 7.86. The van der Waals surface area contributed by atoms with Crippen molar-refractivity contribution in [3.8, 4) is 22.4 Å². The number of carbonyl (C=O) groups excluding carboxylic acids is 2. The molecule has 2 aromatic carbocycles. The van der Waals surface area contributed by atoms with Crippen LogP contribution >= 0.6 is 0 Å². The van der Waals surface area contributed by atoms with Crippen LogP contribution in [0.3, 0.4) is 0 Å². The largest absolute Gasteiger partial charge is 0.444 e. The van der Waals surface area contributed by atoms with E-state index >= 15 is 0 Å². The summed E-state index contributed by atoms with van der Waals surface area (Å²) in [5, 5.41) is 3.79. The van der Waals surface area contributed by atoms with E-state index in [1.54, 1.807) is 30.7 Å². The van der Waals surface area contributed by atoms with Gasteiger partial charge in [0.1, 0.15) is 17.5 Å². The van der Waals surface area contributed by atoms with E-state index in [9.17, 15) is 14.0 Å². The number of hydrazine groups is 1. The van der Waals surface area contributed by atoms with Crippen LogP contribution in [0, 0.1) is 5.82 Å². The van der Waals surface area contributed by atoms with E-state index in [1.165, 1.54) is 12.1 Å². The number of hydrogen-bond acceptors (Lipinski definition) is 8. The van der Waals surface area contributed by atoms with Crippen molar-refractivity contribution in [1.82, 2.24) is 25.6 Å². The highest BCUT2D eigenvalue weighted by Gasteiger charge is 2.41. The molecule has 3 heterocycles. The lowest BCUT2D eigenvalue weighted by Gasteiger charge is -2.43. The maximum absolute atomic E-state index is 13.9. The van der Waals surface area contributed by atoms with E-state index in [0.717, 1.165) is 41.5 Å².